The Morgan fingerprint density at radius 2 is 2.08 bits per heavy atom. The Morgan fingerprint density at radius 1 is 1.21 bits per heavy atom. The van der Waals surface area contributed by atoms with Gasteiger partial charge in [0.05, 0.1) is 18.8 Å². The van der Waals surface area contributed by atoms with Crippen molar-refractivity contribution in [3.05, 3.63) is 35.5 Å². The molecule has 2 aliphatic heterocycles. The number of ether oxygens (including phenoxy) is 1. The predicted molar refractivity (Wildman–Crippen MR) is 94.1 cm³/mol. The fourth-order valence-electron chi connectivity index (χ4n) is 3.69. The summed E-state index contributed by atoms with van der Waals surface area (Å²) in [5.41, 5.74) is 1.91. The van der Waals surface area contributed by atoms with Crippen molar-refractivity contribution in [1.29, 1.82) is 0 Å². The van der Waals surface area contributed by atoms with Gasteiger partial charge in [0.25, 0.3) is 0 Å². The summed E-state index contributed by atoms with van der Waals surface area (Å²) in [6.45, 7) is 5.32. The first kappa shape index (κ1) is 16.1. The highest BCUT2D eigenvalue weighted by molar-refractivity contribution is 6.30. The number of likely N-dealkylation sites (tertiary alicyclic amines) is 1. The van der Waals surface area contributed by atoms with Gasteiger partial charge in [-0.1, -0.05) is 28.9 Å². The lowest BCUT2D eigenvalue weighted by Crippen LogP contribution is -2.38. The lowest BCUT2D eigenvalue weighted by atomic mass is 10.0. The number of hydrogen-bond donors (Lipinski definition) is 0. The number of halogens is 1. The second kappa shape index (κ2) is 7.21. The molecule has 0 aliphatic carbocycles. The van der Waals surface area contributed by atoms with E-state index in [-0.39, 0.29) is 0 Å². The number of hydrogen-bond acceptors (Lipinski definition) is 4. The van der Waals surface area contributed by atoms with E-state index in [0.717, 1.165) is 61.3 Å². The molecule has 5 nitrogen and oxygen atoms in total. The minimum Gasteiger partial charge on any atom is -0.381 e. The SMILES string of the molecule is Clc1cccc(-c2cn(C3CCN(CC4CCOC4)CC3)nn2)c1. The van der Waals surface area contributed by atoms with Crippen LogP contribution < -0.4 is 0 Å². The van der Waals surface area contributed by atoms with Crippen molar-refractivity contribution < 1.29 is 4.74 Å². The highest BCUT2D eigenvalue weighted by atomic mass is 35.5. The van der Waals surface area contributed by atoms with Crippen molar-refractivity contribution in [3.63, 3.8) is 0 Å². The van der Waals surface area contributed by atoms with Crippen LogP contribution in [-0.2, 0) is 4.74 Å². The van der Waals surface area contributed by atoms with Gasteiger partial charge < -0.3 is 9.64 Å². The van der Waals surface area contributed by atoms with Gasteiger partial charge in [0.2, 0.25) is 0 Å². The zero-order chi connectivity index (χ0) is 16.4. The molecule has 0 bridgehead atoms. The Bertz CT molecular complexity index is 675. The van der Waals surface area contributed by atoms with E-state index in [9.17, 15) is 0 Å². The van der Waals surface area contributed by atoms with Crippen LogP contribution in [0.25, 0.3) is 11.3 Å². The summed E-state index contributed by atoms with van der Waals surface area (Å²) in [5.74, 6) is 0.724. The molecule has 2 saturated heterocycles. The van der Waals surface area contributed by atoms with Gasteiger partial charge in [-0.15, -0.1) is 5.10 Å². The Kier molecular flexibility index (Phi) is 4.83. The molecule has 2 aliphatic rings. The van der Waals surface area contributed by atoms with E-state index in [2.05, 4.69) is 21.4 Å². The van der Waals surface area contributed by atoms with Crippen LogP contribution in [-0.4, -0.2) is 52.7 Å². The highest BCUT2D eigenvalue weighted by Gasteiger charge is 2.25. The lowest BCUT2D eigenvalue weighted by molar-refractivity contribution is 0.139. The summed E-state index contributed by atoms with van der Waals surface area (Å²) in [7, 11) is 0. The molecule has 2 aromatic rings. The Hall–Kier alpha value is -1.43. The second-order valence-electron chi connectivity index (χ2n) is 6.86. The van der Waals surface area contributed by atoms with Crippen LogP contribution in [0.1, 0.15) is 25.3 Å². The summed E-state index contributed by atoms with van der Waals surface area (Å²) >= 11 is 6.07. The molecule has 0 N–H and O–H groups in total. The molecule has 3 heterocycles. The van der Waals surface area contributed by atoms with Crippen LogP contribution in [0.2, 0.25) is 5.02 Å². The molecule has 6 heteroatoms. The van der Waals surface area contributed by atoms with Crippen molar-refractivity contribution >= 4 is 11.6 Å². The van der Waals surface area contributed by atoms with Crippen LogP contribution in [0.4, 0.5) is 0 Å². The molecule has 1 aromatic carbocycles. The van der Waals surface area contributed by atoms with Crippen molar-refractivity contribution in [2.75, 3.05) is 32.8 Å². The maximum Gasteiger partial charge on any atom is 0.113 e. The lowest BCUT2D eigenvalue weighted by Gasteiger charge is -2.33. The molecule has 24 heavy (non-hydrogen) atoms. The number of aromatic nitrogens is 3. The highest BCUT2D eigenvalue weighted by Crippen LogP contribution is 2.26. The largest absolute Gasteiger partial charge is 0.381 e. The van der Waals surface area contributed by atoms with Gasteiger partial charge >= 0.3 is 0 Å². The average molecular weight is 347 g/mol. The standard InChI is InChI=1S/C18H23ClN4O/c19-16-3-1-2-15(10-16)18-12-23(21-20-18)17-4-7-22(8-5-17)11-14-6-9-24-13-14/h1-3,10,12,14,17H,4-9,11,13H2. The Labute approximate surface area is 147 Å². The topological polar surface area (TPSA) is 43.2 Å². The molecule has 0 spiro atoms. The van der Waals surface area contributed by atoms with Gasteiger partial charge in [-0.3, -0.25) is 0 Å². The third-order valence-electron chi connectivity index (χ3n) is 5.10. The molecular weight excluding hydrogens is 324 g/mol. The molecule has 1 atom stereocenters. The van der Waals surface area contributed by atoms with E-state index < -0.39 is 0 Å². The minimum atomic E-state index is 0.446. The maximum absolute atomic E-state index is 6.07. The fraction of sp³-hybridized carbons (Fsp3) is 0.556. The quantitative estimate of drug-likeness (QED) is 0.852. The van der Waals surface area contributed by atoms with Crippen molar-refractivity contribution in [1.82, 2.24) is 19.9 Å². The summed E-state index contributed by atoms with van der Waals surface area (Å²) in [6, 6.07) is 8.22. The zero-order valence-electron chi connectivity index (χ0n) is 13.8. The van der Waals surface area contributed by atoms with Crippen LogP contribution in [0.15, 0.2) is 30.5 Å². The smallest absolute Gasteiger partial charge is 0.113 e. The van der Waals surface area contributed by atoms with Gasteiger partial charge in [0, 0.05) is 36.8 Å². The van der Waals surface area contributed by atoms with Gasteiger partial charge in [-0.05, 0) is 37.3 Å². The van der Waals surface area contributed by atoms with E-state index >= 15 is 0 Å². The van der Waals surface area contributed by atoms with E-state index in [1.807, 2.05) is 28.9 Å². The predicted octanol–water partition coefficient (Wildman–Crippen LogP) is 3.27. The van der Waals surface area contributed by atoms with Crippen molar-refractivity contribution in [2.24, 2.45) is 5.92 Å². The normalized spacial score (nSPS) is 23.0. The van der Waals surface area contributed by atoms with Gasteiger partial charge in [0.15, 0.2) is 0 Å². The summed E-state index contributed by atoms with van der Waals surface area (Å²) in [6.07, 6.45) is 5.53. The van der Waals surface area contributed by atoms with Crippen LogP contribution in [0.5, 0.6) is 0 Å². The third kappa shape index (κ3) is 3.63. The van der Waals surface area contributed by atoms with Crippen LogP contribution in [0.3, 0.4) is 0 Å². The molecule has 2 fully saturated rings. The number of nitrogens with zero attached hydrogens (tertiary/aromatic N) is 4. The maximum atomic E-state index is 6.07. The molecule has 1 unspecified atom stereocenters. The van der Waals surface area contributed by atoms with Crippen molar-refractivity contribution in [2.45, 2.75) is 25.3 Å². The first-order valence-corrected chi connectivity index (χ1v) is 9.13. The number of rotatable bonds is 4. The number of piperidine rings is 1. The molecule has 0 radical (unpaired) electrons. The zero-order valence-corrected chi connectivity index (χ0v) is 14.5. The number of benzene rings is 1. The first-order chi connectivity index (χ1) is 11.8. The Morgan fingerprint density at radius 3 is 2.83 bits per heavy atom. The average Bonchev–Trinajstić information content (AvgIpc) is 3.27. The molecule has 128 valence electrons. The monoisotopic (exact) mass is 346 g/mol. The summed E-state index contributed by atoms with van der Waals surface area (Å²) < 4.78 is 7.52. The Balaban J connectivity index is 1.36. The third-order valence-corrected chi connectivity index (χ3v) is 5.34. The minimum absolute atomic E-state index is 0.446. The van der Waals surface area contributed by atoms with E-state index in [1.165, 1.54) is 13.0 Å². The van der Waals surface area contributed by atoms with Crippen LogP contribution >= 0.6 is 11.6 Å². The van der Waals surface area contributed by atoms with Crippen LogP contribution in [0, 0.1) is 5.92 Å². The fourth-order valence-corrected chi connectivity index (χ4v) is 3.88. The van der Waals surface area contributed by atoms with E-state index in [1.54, 1.807) is 0 Å². The molecular formula is C18H23ClN4O. The molecule has 0 amide bonds. The molecule has 1 aromatic heterocycles. The van der Waals surface area contributed by atoms with E-state index in [4.69, 9.17) is 16.3 Å². The van der Waals surface area contributed by atoms with Gasteiger partial charge in [0.1, 0.15) is 5.69 Å². The van der Waals surface area contributed by atoms with E-state index in [0.29, 0.717) is 6.04 Å². The first-order valence-electron chi connectivity index (χ1n) is 8.76. The molecule has 0 saturated carbocycles. The summed E-state index contributed by atoms with van der Waals surface area (Å²) in [5, 5.41) is 9.42. The molecule has 4 rings (SSSR count). The van der Waals surface area contributed by atoms with Crippen molar-refractivity contribution in [3.8, 4) is 11.3 Å². The second-order valence-corrected chi connectivity index (χ2v) is 7.29. The van der Waals surface area contributed by atoms with Gasteiger partial charge in [-0.25, -0.2) is 4.68 Å². The summed E-state index contributed by atoms with van der Waals surface area (Å²) in [4.78, 5) is 2.57. The van der Waals surface area contributed by atoms with Gasteiger partial charge in [-0.2, -0.15) is 0 Å².